The Kier molecular flexibility index (Phi) is 5.18. The van der Waals surface area contributed by atoms with E-state index in [-0.39, 0.29) is 18.7 Å². The van der Waals surface area contributed by atoms with E-state index in [0.29, 0.717) is 25.0 Å². The number of nitrogens with zero attached hydrogens (tertiary/aromatic N) is 2. The van der Waals surface area contributed by atoms with E-state index >= 15 is 0 Å². The van der Waals surface area contributed by atoms with Gasteiger partial charge in [0.1, 0.15) is 18.0 Å². The lowest BCUT2D eigenvalue weighted by Crippen LogP contribution is -2.55. The minimum Gasteiger partial charge on any atom is -0.490 e. The predicted molar refractivity (Wildman–Crippen MR) is 93.5 cm³/mol. The van der Waals surface area contributed by atoms with Gasteiger partial charge in [-0.15, -0.1) is 0 Å². The fourth-order valence-electron chi connectivity index (χ4n) is 3.11. The third kappa shape index (κ3) is 4.84. The molecule has 2 heterocycles. The topological polar surface area (TPSA) is 71.9 Å². The molecular weight excluding hydrogens is 320 g/mol. The Morgan fingerprint density at radius 3 is 2.76 bits per heavy atom. The normalized spacial score (nSPS) is 25.3. The van der Waals surface area contributed by atoms with E-state index in [1.165, 1.54) is 0 Å². The Balaban J connectivity index is 1.48. The molecule has 6 nitrogen and oxygen atoms in total. The second-order valence-electron chi connectivity index (χ2n) is 8.10. The van der Waals surface area contributed by atoms with Gasteiger partial charge >= 0.3 is 6.09 Å². The number of hydrogen-bond acceptors (Lipinski definition) is 5. The maximum Gasteiger partial charge on any atom is 0.410 e. The summed E-state index contributed by atoms with van der Waals surface area (Å²) in [6.07, 6.45) is 6.24. The van der Waals surface area contributed by atoms with Gasteiger partial charge in [-0.3, -0.25) is 4.98 Å². The summed E-state index contributed by atoms with van der Waals surface area (Å²) in [5, 5.41) is 9.15. The van der Waals surface area contributed by atoms with Crippen LogP contribution in [-0.2, 0) is 11.2 Å². The molecule has 1 saturated carbocycles. The minimum absolute atomic E-state index is 0.0562. The van der Waals surface area contributed by atoms with E-state index in [2.05, 4.69) is 4.98 Å². The molecule has 0 aromatic carbocycles. The van der Waals surface area contributed by atoms with Crippen molar-refractivity contribution in [2.24, 2.45) is 11.8 Å². The van der Waals surface area contributed by atoms with Crippen LogP contribution in [0.3, 0.4) is 0 Å². The lowest BCUT2D eigenvalue weighted by molar-refractivity contribution is -0.0141. The Hall–Kier alpha value is -1.82. The third-order valence-corrected chi connectivity index (χ3v) is 4.79. The fourth-order valence-corrected chi connectivity index (χ4v) is 3.11. The maximum atomic E-state index is 12.1. The van der Waals surface area contributed by atoms with Gasteiger partial charge in [0.2, 0.25) is 0 Å². The first kappa shape index (κ1) is 18.0. The van der Waals surface area contributed by atoms with Gasteiger partial charge in [-0.05, 0) is 63.5 Å². The molecule has 0 bridgehead atoms. The van der Waals surface area contributed by atoms with Crippen LogP contribution in [0.2, 0.25) is 0 Å². The number of aliphatic hydroxyl groups excluding tert-OH is 1. The fraction of sp³-hybridized carbons (Fsp3) is 0.684. The molecule has 0 spiro atoms. The lowest BCUT2D eigenvalue weighted by Gasteiger charge is -2.40. The number of aliphatic hydroxyl groups is 1. The highest BCUT2D eigenvalue weighted by Gasteiger charge is 2.37. The van der Waals surface area contributed by atoms with Crippen molar-refractivity contribution < 1.29 is 19.4 Å². The van der Waals surface area contributed by atoms with Crippen LogP contribution in [0.15, 0.2) is 18.5 Å². The number of ether oxygens (including phenoxy) is 2. The van der Waals surface area contributed by atoms with Gasteiger partial charge in [0.15, 0.2) is 0 Å². The summed E-state index contributed by atoms with van der Waals surface area (Å²) in [5.41, 5.74) is 0.655. The molecule has 25 heavy (non-hydrogen) atoms. The molecule has 138 valence electrons. The number of rotatable bonds is 6. The zero-order chi connectivity index (χ0) is 18.0. The van der Waals surface area contributed by atoms with E-state index in [1.54, 1.807) is 11.1 Å². The summed E-state index contributed by atoms with van der Waals surface area (Å²) in [7, 11) is 0. The molecule has 2 aliphatic rings. The molecule has 3 atom stereocenters. The lowest BCUT2D eigenvalue weighted by atomic mass is 10.1. The molecule has 0 unspecified atom stereocenters. The van der Waals surface area contributed by atoms with Crippen molar-refractivity contribution in [3.63, 3.8) is 0 Å². The highest BCUT2D eigenvalue weighted by molar-refractivity contribution is 5.69. The second kappa shape index (κ2) is 7.20. The van der Waals surface area contributed by atoms with Crippen LogP contribution >= 0.6 is 0 Å². The molecule has 1 aromatic heterocycles. The van der Waals surface area contributed by atoms with Crippen molar-refractivity contribution in [2.75, 3.05) is 19.8 Å². The van der Waals surface area contributed by atoms with Crippen molar-refractivity contribution in [1.29, 1.82) is 0 Å². The molecule has 0 radical (unpaired) electrons. The van der Waals surface area contributed by atoms with Gasteiger partial charge in [-0.1, -0.05) is 0 Å². The second-order valence-corrected chi connectivity index (χ2v) is 8.10. The highest BCUT2D eigenvalue weighted by atomic mass is 16.6. The van der Waals surface area contributed by atoms with Crippen molar-refractivity contribution >= 4 is 6.09 Å². The van der Waals surface area contributed by atoms with E-state index < -0.39 is 5.60 Å². The average molecular weight is 348 g/mol. The van der Waals surface area contributed by atoms with Crippen LogP contribution in [0.25, 0.3) is 0 Å². The van der Waals surface area contributed by atoms with Crippen LogP contribution in [0.1, 0.15) is 39.2 Å². The van der Waals surface area contributed by atoms with Crippen molar-refractivity contribution in [3.8, 4) is 5.75 Å². The van der Waals surface area contributed by atoms with Crippen molar-refractivity contribution in [3.05, 3.63) is 24.0 Å². The zero-order valence-electron chi connectivity index (χ0n) is 15.3. The number of amides is 1. The Labute approximate surface area is 149 Å². The summed E-state index contributed by atoms with van der Waals surface area (Å²) >= 11 is 0. The molecule has 2 fully saturated rings. The Morgan fingerprint density at radius 2 is 2.16 bits per heavy atom. The molecule has 1 aliphatic carbocycles. The quantitative estimate of drug-likeness (QED) is 0.856. The molecular formula is C19H28N2O4. The molecule has 1 saturated heterocycles. The first-order valence-electron chi connectivity index (χ1n) is 9.03. The summed E-state index contributed by atoms with van der Waals surface area (Å²) in [4.78, 5) is 18.1. The van der Waals surface area contributed by atoms with Crippen molar-refractivity contribution in [2.45, 2.75) is 51.7 Å². The van der Waals surface area contributed by atoms with Gasteiger partial charge in [0.25, 0.3) is 0 Å². The van der Waals surface area contributed by atoms with E-state index in [0.717, 1.165) is 30.6 Å². The Bertz CT molecular complexity index is 614. The number of hydrogen-bond donors (Lipinski definition) is 1. The largest absolute Gasteiger partial charge is 0.490 e. The highest BCUT2D eigenvalue weighted by Crippen LogP contribution is 2.40. The van der Waals surface area contributed by atoms with Crippen molar-refractivity contribution in [1.82, 2.24) is 9.88 Å². The van der Waals surface area contributed by atoms with Crippen LogP contribution < -0.4 is 4.74 Å². The molecule has 6 heteroatoms. The number of aromatic nitrogens is 1. The van der Waals surface area contributed by atoms with Crippen LogP contribution in [0, 0.1) is 11.8 Å². The SMILES string of the molecule is CC(C)(C)OC(=O)N1CC[C@H]1COc1cncc(C[C@@H]2C[C@H]2CO)c1. The summed E-state index contributed by atoms with van der Waals surface area (Å²) in [5.74, 6) is 1.74. The van der Waals surface area contributed by atoms with E-state index in [9.17, 15) is 4.79 Å². The smallest absolute Gasteiger partial charge is 0.410 e. The van der Waals surface area contributed by atoms with Gasteiger partial charge < -0.3 is 19.5 Å². The standard InChI is InChI=1S/C19H28N2O4/c1-19(2,3)25-18(23)21-5-4-16(21)12-24-17-7-13(9-20-10-17)6-14-8-15(14)11-22/h7,9-10,14-16,22H,4-6,8,11-12H2,1-3H3/t14-,15+,16+/m1/s1. The van der Waals surface area contributed by atoms with E-state index in [4.69, 9.17) is 14.6 Å². The van der Waals surface area contributed by atoms with Gasteiger partial charge in [0, 0.05) is 19.3 Å². The van der Waals surface area contributed by atoms with Gasteiger partial charge in [-0.25, -0.2) is 4.79 Å². The molecule has 3 rings (SSSR count). The zero-order valence-corrected chi connectivity index (χ0v) is 15.3. The Morgan fingerprint density at radius 1 is 1.36 bits per heavy atom. The van der Waals surface area contributed by atoms with E-state index in [1.807, 2.05) is 33.0 Å². The number of likely N-dealkylation sites (tertiary alicyclic amines) is 1. The van der Waals surface area contributed by atoms with Crippen LogP contribution in [0.5, 0.6) is 5.75 Å². The first-order valence-corrected chi connectivity index (χ1v) is 9.03. The minimum atomic E-state index is -0.481. The summed E-state index contributed by atoms with van der Waals surface area (Å²) in [6.45, 7) is 7.05. The summed E-state index contributed by atoms with van der Waals surface area (Å²) in [6, 6.07) is 2.07. The van der Waals surface area contributed by atoms with Crippen LogP contribution in [-0.4, -0.2) is 52.5 Å². The molecule has 1 aromatic rings. The molecule has 1 N–H and O–H groups in total. The first-order chi connectivity index (χ1) is 11.9. The molecule has 1 aliphatic heterocycles. The molecule has 1 amide bonds. The third-order valence-electron chi connectivity index (χ3n) is 4.79. The van der Waals surface area contributed by atoms with Crippen LogP contribution in [0.4, 0.5) is 4.79 Å². The number of pyridine rings is 1. The monoisotopic (exact) mass is 348 g/mol. The van der Waals surface area contributed by atoms with Gasteiger partial charge in [0.05, 0.1) is 12.2 Å². The summed E-state index contributed by atoms with van der Waals surface area (Å²) < 4.78 is 11.3. The predicted octanol–water partition coefficient (Wildman–Crippen LogP) is 2.64. The number of carbonyl (C=O) groups excluding carboxylic acids is 1. The average Bonchev–Trinajstić information content (AvgIpc) is 3.23. The van der Waals surface area contributed by atoms with Gasteiger partial charge in [-0.2, -0.15) is 0 Å². The number of carbonyl (C=O) groups is 1. The maximum absolute atomic E-state index is 12.1.